The minimum Gasteiger partial charge on any atom is -0.366 e. The topological polar surface area (TPSA) is 49.2 Å². The van der Waals surface area contributed by atoms with E-state index in [0.717, 1.165) is 24.5 Å². The van der Waals surface area contributed by atoms with Crippen molar-refractivity contribution in [2.75, 3.05) is 30.4 Å². The molecule has 2 fully saturated rings. The molecule has 3 heterocycles. The average molecular weight is 360 g/mol. The Morgan fingerprint density at radius 3 is 2.59 bits per heavy atom. The molecular formula is C21H24N6. The largest absolute Gasteiger partial charge is 0.366 e. The summed E-state index contributed by atoms with van der Waals surface area (Å²) in [4.78, 5) is 9.45. The van der Waals surface area contributed by atoms with Crippen LogP contribution in [0.25, 0.3) is 5.69 Å². The number of likely N-dealkylation sites (tertiary alicyclic amines) is 1. The van der Waals surface area contributed by atoms with Crippen LogP contribution in [-0.4, -0.2) is 51.9 Å². The van der Waals surface area contributed by atoms with Crippen molar-refractivity contribution in [3.63, 3.8) is 0 Å². The lowest BCUT2D eigenvalue weighted by Crippen LogP contribution is -2.44. The van der Waals surface area contributed by atoms with E-state index in [4.69, 9.17) is 0 Å². The third-order valence-corrected chi connectivity index (χ3v) is 5.68. The SMILES string of the molecule is Cc1cc(Nc2ncn(-c3ccccc3)n2)cc(N2C[C@@H]3C[C@H]2CN3C)c1. The van der Waals surface area contributed by atoms with Crippen LogP contribution in [0.3, 0.4) is 0 Å². The van der Waals surface area contributed by atoms with Gasteiger partial charge in [0.2, 0.25) is 5.95 Å². The lowest BCUT2D eigenvalue weighted by atomic mass is 10.1. The molecular weight excluding hydrogens is 336 g/mol. The van der Waals surface area contributed by atoms with Crippen LogP contribution in [0.2, 0.25) is 0 Å². The normalized spacial score (nSPS) is 21.8. The molecule has 1 N–H and O–H groups in total. The smallest absolute Gasteiger partial charge is 0.246 e. The molecule has 2 bridgehead atoms. The molecule has 138 valence electrons. The maximum absolute atomic E-state index is 4.55. The predicted molar refractivity (Wildman–Crippen MR) is 108 cm³/mol. The monoisotopic (exact) mass is 360 g/mol. The zero-order chi connectivity index (χ0) is 18.4. The molecule has 0 spiro atoms. The summed E-state index contributed by atoms with van der Waals surface area (Å²) in [5.41, 5.74) is 4.57. The van der Waals surface area contributed by atoms with Crippen LogP contribution < -0.4 is 10.2 Å². The van der Waals surface area contributed by atoms with Crippen molar-refractivity contribution in [3.8, 4) is 5.69 Å². The second kappa shape index (κ2) is 6.39. The number of hydrogen-bond acceptors (Lipinski definition) is 5. The average Bonchev–Trinajstić information content (AvgIpc) is 3.37. The number of fused-ring (bicyclic) bond motifs is 2. The van der Waals surface area contributed by atoms with Crippen molar-refractivity contribution < 1.29 is 0 Å². The van der Waals surface area contributed by atoms with E-state index in [2.05, 4.69) is 57.4 Å². The summed E-state index contributed by atoms with van der Waals surface area (Å²) < 4.78 is 1.79. The number of para-hydroxylation sites is 1. The number of rotatable bonds is 4. The highest BCUT2D eigenvalue weighted by Crippen LogP contribution is 2.35. The van der Waals surface area contributed by atoms with Crippen molar-refractivity contribution in [2.24, 2.45) is 0 Å². The summed E-state index contributed by atoms with van der Waals surface area (Å²) in [6.07, 6.45) is 3.01. The van der Waals surface area contributed by atoms with Crippen LogP contribution in [0.4, 0.5) is 17.3 Å². The third kappa shape index (κ3) is 3.06. The molecule has 6 heteroatoms. The van der Waals surface area contributed by atoms with Crippen molar-refractivity contribution in [1.29, 1.82) is 0 Å². The zero-order valence-electron chi connectivity index (χ0n) is 15.7. The number of aromatic nitrogens is 3. The first-order chi connectivity index (χ1) is 13.2. The fourth-order valence-electron chi connectivity index (χ4n) is 4.34. The number of nitrogens with one attached hydrogen (secondary N) is 1. The molecule has 6 nitrogen and oxygen atoms in total. The van der Waals surface area contributed by atoms with Gasteiger partial charge < -0.3 is 10.2 Å². The number of likely N-dealkylation sites (N-methyl/N-ethyl adjacent to an activating group) is 1. The first-order valence-electron chi connectivity index (χ1n) is 9.48. The number of aryl methyl sites for hydroxylation is 1. The Kier molecular flexibility index (Phi) is 3.86. The first kappa shape index (κ1) is 16.3. The summed E-state index contributed by atoms with van der Waals surface area (Å²) in [5, 5.41) is 7.93. The van der Waals surface area contributed by atoms with E-state index < -0.39 is 0 Å². The Morgan fingerprint density at radius 2 is 1.85 bits per heavy atom. The van der Waals surface area contributed by atoms with Gasteiger partial charge in [-0.2, -0.15) is 4.98 Å². The Bertz CT molecular complexity index is 948. The molecule has 27 heavy (non-hydrogen) atoms. The fraction of sp³-hybridized carbons (Fsp3) is 0.333. The highest BCUT2D eigenvalue weighted by atomic mass is 15.4. The number of anilines is 3. The summed E-state index contributed by atoms with van der Waals surface area (Å²) >= 11 is 0. The molecule has 0 amide bonds. The molecule has 0 unspecified atom stereocenters. The Balaban J connectivity index is 1.37. The molecule has 0 radical (unpaired) electrons. The Labute approximate surface area is 159 Å². The lowest BCUT2D eigenvalue weighted by molar-refractivity contribution is 0.292. The minimum atomic E-state index is 0.609. The maximum Gasteiger partial charge on any atom is 0.246 e. The summed E-state index contributed by atoms with van der Waals surface area (Å²) in [6, 6.07) is 18.0. The van der Waals surface area contributed by atoms with Gasteiger partial charge in [-0.1, -0.05) is 18.2 Å². The molecule has 5 rings (SSSR count). The minimum absolute atomic E-state index is 0.609. The lowest BCUT2D eigenvalue weighted by Gasteiger charge is -2.34. The molecule has 3 aromatic rings. The Morgan fingerprint density at radius 1 is 1.00 bits per heavy atom. The number of piperazine rings is 1. The first-order valence-corrected chi connectivity index (χ1v) is 9.48. The quantitative estimate of drug-likeness (QED) is 0.774. The zero-order valence-corrected chi connectivity index (χ0v) is 15.7. The predicted octanol–water partition coefficient (Wildman–Crippen LogP) is 3.21. The molecule has 2 atom stereocenters. The number of hydrogen-bond donors (Lipinski definition) is 1. The van der Waals surface area contributed by atoms with Crippen LogP contribution in [0.5, 0.6) is 0 Å². The van der Waals surface area contributed by atoms with Crippen molar-refractivity contribution >= 4 is 17.3 Å². The standard InChI is InChI=1S/C21H24N6/c1-15-8-16(10-18(9-15)26-13-19-11-20(26)12-25(19)2)23-21-22-14-27(24-21)17-6-4-3-5-7-17/h3-10,14,19-20H,11-13H2,1-2H3,(H,23,24)/t19-,20-/m0/s1. The van der Waals surface area contributed by atoms with Crippen molar-refractivity contribution in [3.05, 3.63) is 60.4 Å². The van der Waals surface area contributed by atoms with Gasteiger partial charge in [0.25, 0.3) is 0 Å². The summed E-state index contributed by atoms with van der Waals surface area (Å²) in [5.74, 6) is 0.609. The van der Waals surface area contributed by atoms with Crippen LogP contribution in [-0.2, 0) is 0 Å². The molecule has 0 aliphatic carbocycles. The van der Waals surface area contributed by atoms with Crippen LogP contribution >= 0.6 is 0 Å². The van der Waals surface area contributed by atoms with E-state index in [-0.39, 0.29) is 0 Å². The van der Waals surface area contributed by atoms with Gasteiger partial charge in [-0.25, -0.2) is 4.68 Å². The van der Waals surface area contributed by atoms with Gasteiger partial charge in [-0.05, 0) is 56.3 Å². The Hall–Kier alpha value is -2.86. The van der Waals surface area contributed by atoms with Gasteiger partial charge in [0.1, 0.15) is 6.33 Å². The number of benzene rings is 2. The molecule has 1 aromatic heterocycles. The van der Waals surface area contributed by atoms with E-state index in [9.17, 15) is 0 Å². The highest BCUT2D eigenvalue weighted by Gasteiger charge is 2.41. The molecule has 2 aliphatic heterocycles. The van der Waals surface area contributed by atoms with Gasteiger partial charge in [0.15, 0.2) is 0 Å². The molecule has 2 aliphatic rings. The third-order valence-electron chi connectivity index (χ3n) is 5.68. The van der Waals surface area contributed by atoms with Crippen molar-refractivity contribution in [1.82, 2.24) is 19.7 Å². The molecule has 2 aromatic carbocycles. The van der Waals surface area contributed by atoms with E-state index in [0.29, 0.717) is 18.0 Å². The van der Waals surface area contributed by atoms with E-state index in [1.807, 2.05) is 30.3 Å². The van der Waals surface area contributed by atoms with Gasteiger partial charge >= 0.3 is 0 Å². The van der Waals surface area contributed by atoms with Crippen LogP contribution in [0.1, 0.15) is 12.0 Å². The highest BCUT2D eigenvalue weighted by molar-refractivity contribution is 5.65. The van der Waals surface area contributed by atoms with E-state index >= 15 is 0 Å². The number of nitrogens with zero attached hydrogens (tertiary/aromatic N) is 5. The van der Waals surface area contributed by atoms with Crippen molar-refractivity contribution in [2.45, 2.75) is 25.4 Å². The van der Waals surface area contributed by atoms with E-state index in [1.54, 1.807) is 11.0 Å². The molecule has 0 saturated carbocycles. The van der Waals surface area contributed by atoms with Gasteiger partial charge in [0, 0.05) is 36.5 Å². The molecule has 2 saturated heterocycles. The second-order valence-electron chi connectivity index (χ2n) is 7.67. The van der Waals surface area contributed by atoms with Gasteiger partial charge in [-0.3, -0.25) is 4.90 Å². The van der Waals surface area contributed by atoms with E-state index in [1.165, 1.54) is 17.7 Å². The van der Waals surface area contributed by atoms with Crippen LogP contribution in [0, 0.1) is 6.92 Å². The van der Waals surface area contributed by atoms with Gasteiger partial charge in [-0.15, -0.1) is 5.10 Å². The van der Waals surface area contributed by atoms with Crippen LogP contribution in [0.15, 0.2) is 54.9 Å². The van der Waals surface area contributed by atoms with Gasteiger partial charge in [0.05, 0.1) is 5.69 Å². The summed E-state index contributed by atoms with van der Waals surface area (Å²) in [7, 11) is 2.24. The second-order valence-corrected chi connectivity index (χ2v) is 7.67. The maximum atomic E-state index is 4.55. The summed E-state index contributed by atoms with van der Waals surface area (Å²) in [6.45, 7) is 4.42. The fourth-order valence-corrected chi connectivity index (χ4v) is 4.34.